The van der Waals surface area contributed by atoms with Crippen LogP contribution < -0.4 is 14.2 Å². The number of nitrogens with zero attached hydrogens (tertiary/aromatic N) is 2. The highest BCUT2D eigenvalue weighted by molar-refractivity contribution is 7.89. The van der Waals surface area contributed by atoms with Gasteiger partial charge >= 0.3 is 5.97 Å². The van der Waals surface area contributed by atoms with E-state index in [1.165, 1.54) is 12.1 Å². The Morgan fingerprint density at radius 1 is 1.09 bits per heavy atom. The van der Waals surface area contributed by atoms with E-state index in [0.29, 0.717) is 30.5 Å². The molecule has 0 unspecified atom stereocenters. The molecule has 1 N–H and O–H groups in total. The van der Waals surface area contributed by atoms with Crippen molar-refractivity contribution in [3.8, 4) is 22.9 Å². The van der Waals surface area contributed by atoms with E-state index in [0.717, 1.165) is 11.1 Å². The Balaban J connectivity index is 1.20. The van der Waals surface area contributed by atoms with Gasteiger partial charge in [0.05, 0.1) is 4.90 Å². The number of fused-ring (bicyclic) bond motifs is 1. The maximum absolute atomic E-state index is 12.5. The van der Waals surface area contributed by atoms with Gasteiger partial charge in [0.15, 0.2) is 18.1 Å². The fourth-order valence-corrected chi connectivity index (χ4v) is 4.15. The predicted molar refractivity (Wildman–Crippen MR) is 116 cm³/mol. The van der Waals surface area contributed by atoms with Gasteiger partial charge in [-0.1, -0.05) is 35.0 Å². The third-order valence-electron chi connectivity index (χ3n) is 4.81. The van der Waals surface area contributed by atoms with Crippen molar-refractivity contribution in [2.75, 3.05) is 19.8 Å². The molecule has 0 atom stereocenters. The molecule has 0 saturated carbocycles. The van der Waals surface area contributed by atoms with E-state index in [1.54, 1.807) is 6.07 Å². The lowest BCUT2D eigenvalue weighted by atomic mass is 10.1. The molecule has 1 aromatic heterocycles. The van der Waals surface area contributed by atoms with Crippen molar-refractivity contribution in [1.29, 1.82) is 0 Å². The summed E-state index contributed by atoms with van der Waals surface area (Å²) in [6, 6.07) is 12.0. The number of aromatic nitrogens is 2. The number of aryl methyl sites for hydroxylation is 1. The zero-order chi connectivity index (χ0) is 23.3. The number of esters is 1. The molecule has 0 spiro atoms. The molecule has 0 radical (unpaired) electrons. The Kier molecular flexibility index (Phi) is 6.90. The number of rotatable bonds is 9. The minimum Gasteiger partial charge on any atom is -0.486 e. The van der Waals surface area contributed by atoms with E-state index in [1.807, 2.05) is 31.2 Å². The summed E-state index contributed by atoms with van der Waals surface area (Å²) in [6.07, 6.45) is 0.295. The number of benzene rings is 2. The molecular weight excluding hydrogens is 450 g/mol. The number of nitrogens with one attached hydrogen (secondary N) is 1. The van der Waals surface area contributed by atoms with Gasteiger partial charge in [-0.15, -0.1) is 0 Å². The number of ether oxygens (including phenoxy) is 3. The van der Waals surface area contributed by atoms with Crippen LogP contribution in [0.5, 0.6) is 11.5 Å². The van der Waals surface area contributed by atoms with Gasteiger partial charge in [-0.3, -0.25) is 4.79 Å². The molecule has 2 aromatic carbocycles. The van der Waals surface area contributed by atoms with Gasteiger partial charge in [0.2, 0.25) is 15.8 Å². The Hall–Kier alpha value is -3.44. The van der Waals surface area contributed by atoms with Crippen molar-refractivity contribution < 1.29 is 31.9 Å². The van der Waals surface area contributed by atoms with Crippen molar-refractivity contribution in [3.05, 3.63) is 53.9 Å². The first kappa shape index (κ1) is 22.7. The molecule has 174 valence electrons. The van der Waals surface area contributed by atoms with Crippen LogP contribution in [0.25, 0.3) is 11.4 Å². The molecule has 3 aromatic rings. The summed E-state index contributed by atoms with van der Waals surface area (Å²) in [4.78, 5) is 16.2. The lowest BCUT2D eigenvalue weighted by Crippen LogP contribution is -2.25. The SMILES string of the molecule is Cc1ccc(-c2noc(COC(=O)CCCNS(=O)(=O)c3ccc4c(c3)OCCO4)n2)cc1. The molecule has 0 aliphatic carbocycles. The van der Waals surface area contributed by atoms with Crippen molar-refractivity contribution in [2.24, 2.45) is 0 Å². The van der Waals surface area contributed by atoms with Gasteiger partial charge < -0.3 is 18.7 Å². The first-order valence-electron chi connectivity index (χ1n) is 10.4. The molecule has 0 bridgehead atoms. The Bertz CT molecular complexity index is 1220. The fraction of sp³-hybridized carbons (Fsp3) is 0.318. The average Bonchev–Trinajstić information content (AvgIpc) is 3.30. The molecule has 0 saturated heterocycles. The molecular formula is C22H23N3O7S. The third-order valence-corrected chi connectivity index (χ3v) is 6.27. The molecule has 0 fully saturated rings. The first-order chi connectivity index (χ1) is 15.9. The first-order valence-corrected chi connectivity index (χ1v) is 11.8. The van der Waals surface area contributed by atoms with Crippen LogP contribution in [0.15, 0.2) is 51.9 Å². The molecule has 1 aliphatic heterocycles. The summed E-state index contributed by atoms with van der Waals surface area (Å²) >= 11 is 0. The zero-order valence-corrected chi connectivity index (χ0v) is 18.8. The Labute approximate surface area is 190 Å². The number of carbonyl (C=O) groups is 1. The van der Waals surface area contributed by atoms with Gasteiger partial charge in [0, 0.05) is 24.6 Å². The van der Waals surface area contributed by atoms with Crippen LogP contribution in [0.1, 0.15) is 24.3 Å². The number of carbonyl (C=O) groups excluding carboxylic acids is 1. The third kappa shape index (κ3) is 5.88. The zero-order valence-electron chi connectivity index (χ0n) is 17.9. The van der Waals surface area contributed by atoms with Crippen molar-refractivity contribution >= 4 is 16.0 Å². The second-order valence-electron chi connectivity index (χ2n) is 7.35. The second-order valence-corrected chi connectivity index (χ2v) is 9.11. The standard InChI is InChI=1S/C22H23N3O7S/c1-15-4-6-16(7-5-15)22-24-20(32-25-22)14-31-21(26)3-2-10-23-33(27,28)17-8-9-18-19(13-17)30-12-11-29-18/h4-9,13,23H,2-3,10-12,14H2,1H3. The molecule has 2 heterocycles. The van der Waals surface area contributed by atoms with Crippen molar-refractivity contribution in [3.63, 3.8) is 0 Å². The largest absolute Gasteiger partial charge is 0.486 e. The normalized spacial score (nSPS) is 13.0. The van der Waals surface area contributed by atoms with E-state index < -0.39 is 16.0 Å². The highest BCUT2D eigenvalue weighted by atomic mass is 32.2. The molecule has 0 amide bonds. The van der Waals surface area contributed by atoms with Crippen LogP contribution in [0.3, 0.4) is 0 Å². The number of sulfonamides is 1. The van der Waals surface area contributed by atoms with Crippen molar-refractivity contribution in [1.82, 2.24) is 14.9 Å². The molecule has 10 nitrogen and oxygen atoms in total. The topological polar surface area (TPSA) is 130 Å². The Morgan fingerprint density at radius 2 is 1.85 bits per heavy atom. The molecule has 4 rings (SSSR count). The summed E-state index contributed by atoms with van der Waals surface area (Å²) < 4.78 is 48.4. The van der Waals surface area contributed by atoms with E-state index in [-0.39, 0.29) is 36.8 Å². The maximum atomic E-state index is 12.5. The minimum absolute atomic E-state index is 0.0304. The van der Waals surface area contributed by atoms with Gasteiger partial charge in [-0.05, 0) is 25.5 Å². The van der Waals surface area contributed by atoms with Crippen LogP contribution in [0, 0.1) is 6.92 Å². The van der Waals surface area contributed by atoms with Crippen LogP contribution in [0.4, 0.5) is 0 Å². The monoisotopic (exact) mass is 473 g/mol. The summed E-state index contributed by atoms with van der Waals surface area (Å²) in [5.74, 6) is 0.992. The van der Waals surface area contributed by atoms with E-state index in [2.05, 4.69) is 14.9 Å². The number of hydrogen-bond donors (Lipinski definition) is 1. The van der Waals surface area contributed by atoms with Crippen LogP contribution in [-0.4, -0.2) is 44.3 Å². The van der Waals surface area contributed by atoms with E-state index >= 15 is 0 Å². The van der Waals surface area contributed by atoms with E-state index in [9.17, 15) is 13.2 Å². The number of hydrogen-bond acceptors (Lipinski definition) is 9. The summed E-state index contributed by atoms with van der Waals surface area (Å²) in [5, 5.41) is 3.88. The highest BCUT2D eigenvalue weighted by Gasteiger charge is 2.19. The lowest BCUT2D eigenvalue weighted by molar-refractivity contribution is -0.145. The summed E-state index contributed by atoms with van der Waals surface area (Å²) in [7, 11) is -3.74. The van der Waals surface area contributed by atoms with Crippen LogP contribution in [-0.2, 0) is 26.2 Å². The second kappa shape index (κ2) is 10.0. The van der Waals surface area contributed by atoms with Gasteiger partial charge in [0.1, 0.15) is 13.2 Å². The lowest BCUT2D eigenvalue weighted by Gasteiger charge is -2.18. The maximum Gasteiger partial charge on any atom is 0.306 e. The quantitative estimate of drug-likeness (QED) is 0.368. The van der Waals surface area contributed by atoms with Gasteiger partial charge in [-0.25, -0.2) is 13.1 Å². The minimum atomic E-state index is -3.74. The summed E-state index contributed by atoms with van der Waals surface area (Å²) in [5.41, 5.74) is 1.91. The molecule has 1 aliphatic rings. The smallest absolute Gasteiger partial charge is 0.306 e. The average molecular weight is 474 g/mol. The highest BCUT2D eigenvalue weighted by Crippen LogP contribution is 2.32. The van der Waals surface area contributed by atoms with Crippen LogP contribution in [0.2, 0.25) is 0 Å². The van der Waals surface area contributed by atoms with Gasteiger partial charge in [0.25, 0.3) is 5.89 Å². The van der Waals surface area contributed by atoms with E-state index in [4.69, 9.17) is 18.7 Å². The molecule has 11 heteroatoms. The molecule has 33 heavy (non-hydrogen) atoms. The summed E-state index contributed by atoms with van der Waals surface area (Å²) in [6.45, 7) is 2.69. The van der Waals surface area contributed by atoms with Gasteiger partial charge in [-0.2, -0.15) is 4.98 Å². The predicted octanol–water partition coefficient (Wildman–Crippen LogP) is 2.62. The van der Waals surface area contributed by atoms with Crippen molar-refractivity contribution in [2.45, 2.75) is 31.3 Å². The fourth-order valence-electron chi connectivity index (χ4n) is 3.06. The Morgan fingerprint density at radius 3 is 2.64 bits per heavy atom. The van der Waals surface area contributed by atoms with Crippen LogP contribution >= 0.6 is 0 Å².